The highest BCUT2D eigenvalue weighted by Crippen LogP contribution is 2.60. The normalized spacial score (nSPS) is 37.4. The summed E-state index contributed by atoms with van der Waals surface area (Å²) in [5, 5.41) is 0. The second kappa shape index (κ2) is 8.21. The molecule has 0 saturated heterocycles. The lowest BCUT2D eigenvalue weighted by molar-refractivity contribution is -0.183. The minimum atomic E-state index is -0.967. The average molecular weight is 427 g/mol. The lowest BCUT2D eigenvalue weighted by Crippen LogP contribution is -2.60. The van der Waals surface area contributed by atoms with Crippen molar-refractivity contribution in [3.63, 3.8) is 0 Å². The van der Waals surface area contributed by atoms with Crippen LogP contribution in [0.15, 0.2) is 30.3 Å². The Bertz CT molecular complexity index is 893. The number of benzene rings is 1. The summed E-state index contributed by atoms with van der Waals surface area (Å²) < 4.78 is 10.4. The highest BCUT2D eigenvalue weighted by Gasteiger charge is 2.62. The Morgan fingerprint density at radius 1 is 1.10 bits per heavy atom. The number of Topliss-reactive ketones (excluding diaryl/α,β-unsaturated/α-hetero) is 2. The van der Waals surface area contributed by atoms with Gasteiger partial charge in [-0.2, -0.15) is 0 Å². The van der Waals surface area contributed by atoms with E-state index in [1.807, 2.05) is 37.3 Å². The standard InChI is InChI=1S/C25H30O6/c1-14(26)31-21-13-19(24(29)30-3)25(2)10-9-17-18(22(25)23(21)28)11-16(12-20(17)27)15-7-5-4-6-8-15/h4-8,16-19,21-22H,9-13H2,1-3H3/t16-,17-,18+,19+,21+,22+,25+/m1/s1. The molecule has 31 heavy (non-hydrogen) atoms. The van der Waals surface area contributed by atoms with E-state index in [-0.39, 0.29) is 41.7 Å². The molecule has 6 heteroatoms. The Hall–Kier alpha value is -2.50. The van der Waals surface area contributed by atoms with Crippen LogP contribution in [0.3, 0.4) is 0 Å². The van der Waals surface area contributed by atoms with Gasteiger partial charge >= 0.3 is 11.9 Å². The number of ketones is 2. The second-order valence-electron chi connectivity index (χ2n) is 9.62. The van der Waals surface area contributed by atoms with Gasteiger partial charge in [-0.3, -0.25) is 19.2 Å². The summed E-state index contributed by atoms with van der Waals surface area (Å²) in [7, 11) is 1.35. The van der Waals surface area contributed by atoms with E-state index in [1.54, 1.807) is 0 Å². The molecule has 3 aliphatic carbocycles. The topological polar surface area (TPSA) is 86.7 Å². The van der Waals surface area contributed by atoms with Crippen molar-refractivity contribution in [1.29, 1.82) is 0 Å². The number of ether oxygens (including phenoxy) is 2. The van der Waals surface area contributed by atoms with Gasteiger partial charge in [-0.1, -0.05) is 37.3 Å². The van der Waals surface area contributed by atoms with Gasteiger partial charge in [-0.15, -0.1) is 0 Å². The quantitative estimate of drug-likeness (QED) is 0.688. The Labute approximate surface area is 182 Å². The first-order valence-electron chi connectivity index (χ1n) is 11.1. The first-order chi connectivity index (χ1) is 14.8. The first-order valence-corrected chi connectivity index (χ1v) is 11.1. The van der Waals surface area contributed by atoms with E-state index < -0.39 is 29.3 Å². The molecule has 7 atom stereocenters. The minimum absolute atomic E-state index is 0.0516. The number of esters is 2. The van der Waals surface area contributed by atoms with Crippen LogP contribution < -0.4 is 0 Å². The second-order valence-corrected chi connectivity index (χ2v) is 9.62. The first kappa shape index (κ1) is 21.7. The molecule has 6 nitrogen and oxygen atoms in total. The number of hydrogen-bond donors (Lipinski definition) is 0. The molecule has 3 fully saturated rings. The van der Waals surface area contributed by atoms with Crippen LogP contribution in [0.1, 0.15) is 57.4 Å². The van der Waals surface area contributed by atoms with Crippen molar-refractivity contribution < 1.29 is 28.7 Å². The molecule has 0 bridgehead atoms. The monoisotopic (exact) mass is 426 g/mol. The maximum absolute atomic E-state index is 13.6. The molecule has 0 heterocycles. The number of rotatable bonds is 3. The predicted molar refractivity (Wildman–Crippen MR) is 112 cm³/mol. The minimum Gasteiger partial charge on any atom is -0.469 e. The van der Waals surface area contributed by atoms with Crippen molar-refractivity contribution >= 4 is 23.5 Å². The van der Waals surface area contributed by atoms with Gasteiger partial charge in [-0.05, 0) is 42.1 Å². The fourth-order valence-electron chi connectivity index (χ4n) is 6.58. The van der Waals surface area contributed by atoms with Crippen LogP contribution in [0.5, 0.6) is 0 Å². The Morgan fingerprint density at radius 2 is 1.81 bits per heavy atom. The van der Waals surface area contributed by atoms with Gasteiger partial charge in [0.1, 0.15) is 5.78 Å². The van der Waals surface area contributed by atoms with Crippen LogP contribution in [0.4, 0.5) is 0 Å². The molecule has 3 aliphatic rings. The average Bonchev–Trinajstić information content (AvgIpc) is 2.75. The van der Waals surface area contributed by atoms with E-state index in [9.17, 15) is 19.2 Å². The SMILES string of the molecule is COC(=O)[C@@H]1C[C@H](OC(C)=O)C(=O)[C@@H]2[C@H]3C[C@@H](c4ccccc4)CC(=O)[C@@H]3CC[C@]21C. The summed E-state index contributed by atoms with van der Waals surface area (Å²) in [5.41, 5.74) is 0.492. The molecule has 0 radical (unpaired) electrons. The van der Waals surface area contributed by atoms with Crippen LogP contribution in [-0.4, -0.2) is 36.7 Å². The molecule has 0 N–H and O–H groups in total. The molecule has 1 aromatic rings. The number of carbonyl (C=O) groups excluding carboxylic acids is 4. The van der Waals surface area contributed by atoms with Gasteiger partial charge < -0.3 is 9.47 Å². The third-order valence-electron chi connectivity index (χ3n) is 8.00. The molecule has 1 aromatic carbocycles. The van der Waals surface area contributed by atoms with Gasteiger partial charge in [0.15, 0.2) is 11.9 Å². The van der Waals surface area contributed by atoms with Crippen LogP contribution in [0.25, 0.3) is 0 Å². The number of fused-ring (bicyclic) bond motifs is 3. The number of methoxy groups -OCH3 is 1. The lowest BCUT2D eigenvalue weighted by Gasteiger charge is -2.56. The summed E-state index contributed by atoms with van der Waals surface area (Å²) >= 11 is 0. The number of carbonyl (C=O) groups is 4. The van der Waals surface area contributed by atoms with Crippen molar-refractivity contribution in [3.05, 3.63) is 35.9 Å². The summed E-state index contributed by atoms with van der Waals surface area (Å²) in [6.07, 6.45) is 1.66. The fourth-order valence-corrected chi connectivity index (χ4v) is 6.58. The largest absolute Gasteiger partial charge is 0.469 e. The fraction of sp³-hybridized carbons (Fsp3) is 0.600. The number of hydrogen-bond acceptors (Lipinski definition) is 6. The van der Waals surface area contributed by atoms with Crippen molar-refractivity contribution in [2.24, 2.45) is 29.1 Å². The third kappa shape index (κ3) is 3.70. The molecule has 4 rings (SSSR count). The smallest absolute Gasteiger partial charge is 0.309 e. The van der Waals surface area contributed by atoms with Crippen molar-refractivity contribution in [2.45, 2.75) is 58.0 Å². The molecule has 0 amide bonds. The van der Waals surface area contributed by atoms with Crippen LogP contribution in [-0.2, 0) is 28.7 Å². The molecule has 166 valence electrons. The summed E-state index contributed by atoms with van der Waals surface area (Å²) in [4.78, 5) is 51.2. The lowest BCUT2D eigenvalue weighted by atomic mass is 9.46. The van der Waals surface area contributed by atoms with Gasteiger partial charge in [0.05, 0.1) is 13.0 Å². The third-order valence-corrected chi connectivity index (χ3v) is 8.00. The van der Waals surface area contributed by atoms with E-state index in [0.717, 1.165) is 5.56 Å². The highest BCUT2D eigenvalue weighted by atomic mass is 16.5. The van der Waals surface area contributed by atoms with Gasteiger partial charge in [0, 0.05) is 31.6 Å². The summed E-state index contributed by atoms with van der Waals surface area (Å²) in [6, 6.07) is 9.94. The van der Waals surface area contributed by atoms with E-state index in [1.165, 1.54) is 14.0 Å². The van der Waals surface area contributed by atoms with Gasteiger partial charge in [0.2, 0.25) is 0 Å². The maximum Gasteiger partial charge on any atom is 0.309 e. The van der Waals surface area contributed by atoms with E-state index in [4.69, 9.17) is 9.47 Å². The zero-order valence-corrected chi connectivity index (χ0v) is 18.3. The Morgan fingerprint density at radius 3 is 2.45 bits per heavy atom. The molecular formula is C25H30O6. The van der Waals surface area contributed by atoms with Crippen LogP contribution >= 0.6 is 0 Å². The zero-order valence-electron chi connectivity index (χ0n) is 18.3. The zero-order chi connectivity index (χ0) is 22.3. The summed E-state index contributed by atoms with van der Waals surface area (Å²) in [6.45, 7) is 3.25. The molecule has 0 spiro atoms. The van der Waals surface area contributed by atoms with Crippen molar-refractivity contribution in [1.82, 2.24) is 0 Å². The maximum atomic E-state index is 13.6. The molecule has 0 aliphatic heterocycles. The van der Waals surface area contributed by atoms with Crippen molar-refractivity contribution in [3.8, 4) is 0 Å². The molecule has 0 aromatic heterocycles. The van der Waals surface area contributed by atoms with E-state index >= 15 is 0 Å². The Kier molecular flexibility index (Phi) is 5.75. The molecule has 3 saturated carbocycles. The highest BCUT2D eigenvalue weighted by molar-refractivity contribution is 5.93. The summed E-state index contributed by atoms with van der Waals surface area (Å²) in [5.74, 6) is -2.22. The van der Waals surface area contributed by atoms with Crippen LogP contribution in [0, 0.1) is 29.1 Å². The van der Waals surface area contributed by atoms with Gasteiger partial charge in [0.25, 0.3) is 0 Å². The van der Waals surface area contributed by atoms with Crippen molar-refractivity contribution in [2.75, 3.05) is 7.11 Å². The van der Waals surface area contributed by atoms with E-state index in [2.05, 4.69) is 0 Å². The molecule has 0 unspecified atom stereocenters. The Balaban J connectivity index is 1.73. The van der Waals surface area contributed by atoms with Gasteiger partial charge in [-0.25, -0.2) is 0 Å². The van der Waals surface area contributed by atoms with Crippen LogP contribution in [0.2, 0.25) is 0 Å². The molecular weight excluding hydrogens is 396 g/mol. The predicted octanol–water partition coefficient (Wildman–Crippen LogP) is 3.48. The van der Waals surface area contributed by atoms with E-state index in [0.29, 0.717) is 25.7 Å².